The van der Waals surface area contributed by atoms with E-state index in [4.69, 9.17) is 11.6 Å². The van der Waals surface area contributed by atoms with Gasteiger partial charge in [-0.15, -0.1) is 12.4 Å². The van der Waals surface area contributed by atoms with Crippen molar-refractivity contribution in [2.24, 2.45) is 5.92 Å². The van der Waals surface area contributed by atoms with Gasteiger partial charge in [0, 0.05) is 11.5 Å². The highest BCUT2D eigenvalue weighted by molar-refractivity contribution is 6.34. The zero-order chi connectivity index (χ0) is 11.5. The van der Waals surface area contributed by atoms with Gasteiger partial charge in [0.2, 0.25) is 0 Å². The summed E-state index contributed by atoms with van der Waals surface area (Å²) < 4.78 is 13.2. The molecule has 0 atom stereocenters. The average molecular weight is 278 g/mol. The Bertz CT molecular complexity index is 405. The van der Waals surface area contributed by atoms with Crippen molar-refractivity contribution in [3.05, 3.63) is 34.6 Å². The third kappa shape index (κ3) is 3.18. The van der Waals surface area contributed by atoms with Crippen molar-refractivity contribution < 1.29 is 9.18 Å². The zero-order valence-electron chi connectivity index (χ0n) is 9.21. The summed E-state index contributed by atoms with van der Waals surface area (Å²) in [6.07, 6.45) is 1.59. The molecule has 1 fully saturated rings. The summed E-state index contributed by atoms with van der Waals surface area (Å²) in [6, 6.07) is 4.38. The number of piperidine rings is 1. The molecule has 1 heterocycles. The maximum atomic E-state index is 13.2. The van der Waals surface area contributed by atoms with Gasteiger partial charge < -0.3 is 5.32 Å². The summed E-state index contributed by atoms with van der Waals surface area (Å²) in [5, 5.41) is 3.14. The van der Waals surface area contributed by atoms with Crippen LogP contribution in [0, 0.1) is 11.7 Å². The molecule has 1 aliphatic rings. The molecular weight excluding hydrogens is 264 g/mol. The molecule has 0 aliphatic carbocycles. The van der Waals surface area contributed by atoms with Crippen molar-refractivity contribution in [3.63, 3.8) is 0 Å². The Labute approximate surface area is 111 Å². The quantitative estimate of drug-likeness (QED) is 0.842. The van der Waals surface area contributed by atoms with Gasteiger partial charge in [0.25, 0.3) is 0 Å². The van der Waals surface area contributed by atoms with Crippen molar-refractivity contribution in [2.75, 3.05) is 13.1 Å². The first kappa shape index (κ1) is 14.4. The molecule has 1 N–H and O–H groups in total. The van der Waals surface area contributed by atoms with Gasteiger partial charge in [-0.3, -0.25) is 4.79 Å². The molecule has 0 amide bonds. The number of Topliss-reactive ketones (excluding diaryl/α,β-unsaturated/α-hetero) is 1. The molecule has 0 bridgehead atoms. The van der Waals surface area contributed by atoms with Crippen molar-refractivity contribution in [2.45, 2.75) is 12.8 Å². The molecule has 5 heteroatoms. The molecule has 1 saturated heterocycles. The number of benzene rings is 1. The maximum Gasteiger partial charge on any atom is 0.167 e. The summed E-state index contributed by atoms with van der Waals surface area (Å²) in [5.74, 6) is -0.590. The second-order valence-electron chi connectivity index (χ2n) is 3.99. The van der Waals surface area contributed by atoms with E-state index in [9.17, 15) is 9.18 Å². The van der Waals surface area contributed by atoms with Gasteiger partial charge in [-0.05, 0) is 38.1 Å². The van der Waals surface area contributed by atoms with Crippen molar-refractivity contribution in [1.29, 1.82) is 0 Å². The number of hydrogen-bond acceptors (Lipinski definition) is 2. The number of halogens is 3. The Morgan fingerprint density at radius 2 is 2.00 bits per heavy atom. The second-order valence-corrected chi connectivity index (χ2v) is 4.37. The fourth-order valence-electron chi connectivity index (χ4n) is 2.00. The number of nitrogens with one attached hydrogen (secondary N) is 1. The van der Waals surface area contributed by atoms with Crippen LogP contribution in [0.5, 0.6) is 0 Å². The number of rotatable bonds is 2. The third-order valence-electron chi connectivity index (χ3n) is 2.93. The van der Waals surface area contributed by atoms with Crippen LogP contribution in [0.4, 0.5) is 4.39 Å². The Morgan fingerprint density at radius 1 is 1.35 bits per heavy atom. The topological polar surface area (TPSA) is 29.1 Å². The first-order chi connectivity index (χ1) is 7.70. The smallest absolute Gasteiger partial charge is 0.167 e. The van der Waals surface area contributed by atoms with Crippen molar-refractivity contribution >= 4 is 29.8 Å². The van der Waals surface area contributed by atoms with Crippen molar-refractivity contribution in [3.8, 4) is 0 Å². The molecule has 1 aliphatic heterocycles. The molecule has 2 rings (SSSR count). The zero-order valence-corrected chi connectivity index (χ0v) is 10.8. The Kier molecular flexibility index (Phi) is 5.37. The minimum Gasteiger partial charge on any atom is -0.317 e. The van der Waals surface area contributed by atoms with E-state index in [1.807, 2.05) is 0 Å². The molecule has 0 radical (unpaired) electrons. The predicted molar refractivity (Wildman–Crippen MR) is 68.6 cm³/mol. The lowest BCUT2D eigenvalue weighted by Crippen LogP contribution is -2.32. The van der Waals surface area contributed by atoms with Crippen LogP contribution in [0.3, 0.4) is 0 Å². The van der Waals surface area contributed by atoms with Gasteiger partial charge in [0.1, 0.15) is 5.82 Å². The first-order valence-electron chi connectivity index (χ1n) is 5.39. The van der Waals surface area contributed by atoms with Crippen LogP contribution in [0.2, 0.25) is 5.02 Å². The van der Waals surface area contributed by atoms with Gasteiger partial charge in [0.05, 0.1) is 5.02 Å². The molecule has 1 aromatic rings. The summed E-state index contributed by atoms with van der Waals surface area (Å²) in [5.41, 5.74) is 0.313. The number of carbonyl (C=O) groups excluding carboxylic acids is 1. The summed E-state index contributed by atoms with van der Waals surface area (Å²) in [7, 11) is 0. The summed E-state index contributed by atoms with van der Waals surface area (Å²) in [6.45, 7) is 1.67. The molecule has 17 heavy (non-hydrogen) atoms. The minimum absolute atomic E-state index is 0. The fourth-order valence-corrected chi connectivity index (χ4v) is 2.22. The van der Waals surface area contributed by atoms with E-state index < -0.39 is 5.82 Å². The van der Waals surface area contributed by atoms with Gasteiger partial charge in [-0.2, -0.15) is 0 Å². The Hall–Kier alpha value is -0.640. The van der Waals surface area contributed by atoms with Crippen LogP contribution < -0.4 is 5.32 Å². The molecule has 0 saturated carbocycles. The number of ketones is 1. The van der Waals surface area contributed by atoms with E-state index in [1.54, 1.807) is 6.07 Å². The maximum absolute atomic E-state index is 13.2. The SMILES string of the molecule is Cl.O=C(c1cccc(F)c1Cl)C1CCNCC1. The molecule has 0 spiro atoms. The second kappa shape index (κ2) is 6.34. The van der Waals surface area contributed by atoms with Crippen LogP contribution >= 0.6 is 24.0 Å². The fraction of sp³-hybridized carbons (Fsp3) is 0.417. The standard InChI is InChI=1S/C12H13ClFNO.ClH/c13-11-9(2-1-3-10(11)14)12(16)8-4-6-15-7-5-8;/h1-3,8,15H,4-7H2;1H. The van der Waals surface area contributed by atoms with Gasteiger partial charge in [0.15, 0.2) is 5.78 Å². The van der Waals surface area contributed by atoms with Crippen molar-refractivity contribution in [1.82, 2.24) is 5.32 Å². The lowest BCUT2D eigenvalue weighted by Gasteiger charge is -2.21. The number of hydrogen-bond donors (Lipinski definition) is 1. The van der Waals surface area contributed by atoms with Gasteiger partial charge >= 0.3 is 0 Å². The summed E-state index contributed by atoms with van der Waals surface area (Å²) >= 11 is 5.80. The molecule has 0 aromatic heterocycles. The average Bonchev–Trinajstić information content (AvgIpc) is 2.33. The highest BCUT2D eigenvalue weighted by Crippen LogP contribution is 2.25. The summed E-state index contributed by atoms with van der Waals surface area (Å²) in [4.78, 5) is 12.1. The third-order valence-corrected chi connectivity index (χ3v) is 3.31. The van der Waals surface area contributed by atoms with Crippen LogP contribution in [0.1, 0.15) is 23.2 Å². The largest absolute Gasteiger partial charge is 0.317 e. The lowest BCUT2D eigenvalue weighted by molar-refractivity contribution is 0.0895. The van der Waals surface area contributed by atoms with E-state index in [0.29, 0.717) is 5.56 Å². The van der Waals surface area contributed by atoms with Gasteiger partial charge in [-0.25, -0.2) is 4.39 Å². The Morgan fingerprint density at radius 3 is 2.65 bits per heavy atom. The first-order valence-corrected chi connectivity index (χ1v) is 5.77. The van der Waals surface area contributed by atoms with E-state index in [1.165, 1.54) is 12.1 Å². The number of carbonyl (C=O) groups is 1. The monoisotopic (exact) mass is 277 g/mol. The van der Waals surface area contributed by atoms with E-state index >= 15 is 0 Å². The van der Waals surface area contributed by atoms with E-state index in [0.717, 1.165) is 25.9 Å². The lowest BCUT2D eigenvalue weighted by atomic mass is 9.89. The van der Waals surface area contributed by atoms with Crippen LogP contribution in [0.15, 0.2) is 18.2 Å². The molecule has 94 valence electrons. The normalized spacial score (nSPS) is 16.4. The molecule has 2 nitrogen and oxygen atoms in total. The molecule has 1 aromatic carbocycles. The minimum atomic E-state index is -0.526. The molecule has 0 unspecified atom stereocenters. The van der Waals surface area contributed by atoms with Crippen LogP contribution in [-0.4, -0.2) is 18.9 Å². The van der Waals surface area contributed by atoms with Gasteiger partial charge in [-0.1, -0.05) is 17.7 Å². The van der Waals surface area contributed by atoms with Crippen LogP contribution in [0.25, 0.3) is 0 Å². The highest BCUT2D eigenvalue weighted by atomic mass is 35.5. The van der Waals surface area contributed by atoms with E-state index in [2.05, 4.69) is 5.32 Å². The Balaban J connectivity index is 0.00000144. The predicted octanol–water partition coefficient (Wildman–Crippen LogP) is 3.08. The highest BCUT2D eigenvalue weighted by Gasteiger charge is 2.24. The van der Waals surface area contributed by atoms with E-state index in [-0.39, 0.29) is 29.1 Å². The van der Waals surface area contributed by atoms with Crippen LogP contribution in [-0.2, 0) is 0 Å². The molecular formula is C12H14Cl2FNO.